The Balaban J connectivity index is 2.02. The van der Waals surface area contributed by atoms with Crippen LogP contribution in [0, 0.1) is 13.8 Å². The summed E-state index contributed by atoms with van der Waals surface area (Å²) in [6, 6.07) is 13.0. The summed E-state index contributed by atoms with van der Waals surface area (Å²) in [5, 5.41) is 6.30. The minimum Gasteiger partial charge on any atom is -0.331 e. The molecule has 2 aromatic rings. The summed E-state index contributed by atoms with van der Waals surface area (Å²) in [5.41, 5.74) is 4.17. The lowest BCUT2D eigenvalue weighted by Gasteiger charge is -2.17. The Hall–Kier alpha value is -2.00. The van der Waals surface area contributed by atoms with Crippen molar-refractivity contribution in [2.24, 2.45) is 0 Å². The van der Waals surface area contributed by atoms with Crippen molar-refractivity contribution >= 4 is 23.3 Å². The van der Waals surface area contributed by atoms with Gasteiger partial charge in [-0.15, -0.1) is 0 Å². The summed E-state index contributed by atoms with van der Waals surface area (Å²) < 4.78 is 0. The van der Waals surface area contributed by atoms with E-state index in [2.05, 4.69) is 42.7 Å². The van der Waals surface area contributed by atoms with Crippen LogP contribution in [0.3, 0.4) is 0 Å². The summed E-state index contributed by atoms with van der Waals surface area (Å²) in [6.45, 7) is 6.07. The molecule has 0 bridgehead atoms. The fraction of sp³-hybridized carbons (Fsp3) is 0.235. The second-order valence-corrected chi connectivity index (χ2v) is 5.63. The highest BCUT2D eigenvalue weighted by atomic mass is 35.5. The number of benzene rings is 2. The van der Waals surface area contributed by atoms with Crippen LogP contribution >= 0.6 is 11.6 Å². The van der Waals surface area contributed by atoms with E-state index in [-0.39, 0.29) is 12.1 Å². The molecular weight excluding hydrogens is 284 g/mol. The monoisotopic (exact) mass is 302 g/mol. The predicted molar refractivity (Wildman–Crippen MR) is 87.9 cm³/mol. The second kappa shape index (κ2) is 6.64. The van der Waals surface area contributed by atoms with E-state index in [1.54, 1.807) is 24.3 Å². The Morgan fingerprint density at radius 3 is 2.57 bits per heavy atom. The smallest absolute Gasteiger partial charge is 0.319 e. The van der Waals surface area contributed by atoms with E-state index in [1.165, 1.54) is 11.1 Å². The Morgan fingerprint density at radius 1 is 1.14 bits per heavy atom. The number of hydrogen-bond donors (Lipinski definition) is 2. The van der Waals surface area contributed by atoms with Gasteiger partial charge in [0.2, 0.25) is 0 Å². The van der Waals surface area contributed by atoms with Gasteiger partial charge in [-0.1, -0.05) is 41.4 Å². The van der Waals surface area contributed by atoms with E-state index >= 15 is 0 Å². The standard InChI is InChI=1S/C17H19ClN2O/c1-11-7-8-16(12(2)9-11)13(3)19-17(21)20-15-6-4-5-14(18)10-15/h4-10,13H,1-3H3,(H2,19,20,21). The molecule has 2 N–H and O–H groups in total. The van der Waals surface area contributed by atoms with Gasteiger partial charge in [-0.05, 0) is 50.1 Å². The van der Waals surface area contributed by atoms with Crippen molar-refractivity contribution in [1.29, 1.82) is 0 Å². The summed E-state index contributed by atoms with van der Waals surface area (Å²) in [5.74, 6) is 0. The number of anilines is 1. The van der Waals surface area contributed by atoms with Crippen molar-refractivity contribution in [1.82, 2.24) is 5.32 Å². The normalized spacial score (nSPS) is 11.8. The van der Waals surface area contributed by atoms with Crippen LogP contribution in [0.5, 0.6) is 0 Å². The highest BCUT2D eigenvalue weighted by Gasteiger charge is 2.11. The first-order valence-corrected chi connectivity index (χ1v) is 7.24. The number of carbonyl (C=O) groups is 1. The van der Waals surface area contributed by atoms with E-state index in [0.29, 0.717) is 10.7 Å². The first kappa shape index (κ1) is 15.4. The van der Waals surface area contributed by atoms with Crippen LogP contribution in [0.4, 0.5) is 10.5 Å². The van der Waals surface area contributed by atoms with Crippen LogP contribution in [-0.4, -0.2) is 6.03 Å². The molecule has 110 valence electrons. The van der Waals surface area contributed by atoms with E-state index in [9.17, 15) is 4.79 Å². The number of hydrogen-bond acceptors (Lipinski definition) is 1. The van der Waals surface area contributed by atoms with Gasteiger partial charge in [-0.3, -0.25) is 0 Å². The average Bonchev–Trinajstić information content (AvgIpc) is 2.38. The molecule has 0 saturated carbocycles. The lowest BCUT2D eigenvalue weighted by molar-refractivity contribution is 0.249. The SMILES string of the molecule is Cc1ccc(C(C)NC(=O)Nc2cccc(Cl)c2)c(C)c1. The highest BCUT2D eigenvalue weighted by molar-refractivity contribution is 6.30. The quantitative estimate of drug-likeness (QED) is 0.837. The summed E-state index contributed by atoms with van der Waals surface area (Å²) in [6.07, 6.45) is 0. The van der Waals surface area contributed by atoms with Crippen molar-refractivity contribution in [2.45, 2.75) is 26.8 Å². The topological polar surface area (TPSA) is 41.1 Å². The second-order valence-electron chi connectivity index (χ2n) is 5.19. The molecule has 0 saturated heterocycles. The van der Waals surface area contributed by atoms with Gasteiger partial charge in [0, 0.05) is 10.7 Å². The Morgan fingerprint density at radius 2 is 1.90 bits per heavy atom. The molecule has 3 nitrogen and oxygen atoms in total. The number of carbonyl (C=O) groups excluding carboxylic acids is 1. The van der Waals surface area contributed by atoms with Crippen LogP contribution in [0.15, 0.2) is 42.5 Å². The van der Waals surface area contributed by atoms with Gasteiger partial charge in [-0.2, -0.15) is 0 Å². The number of halogens is 1. The maximum atomic E-state index is 12.0. The highest BCUT2D eigenvalue weighted by Crippen LogP contribution is 2.19. The van der Waals surface area contributed by atoms with Crippen molar-refractivity contribution in [3.05, 3.63) is 64.2 Å². The Bertz CT molecular complexity index is 655. The van der Waals surface area contributed by atoms with Gasteiger partial charge < -0.3 is 10.6 Å². The molecular formula is C17H19ClN2O. The molecule has 0 spiro atoms. The molecule has 2 aromatic carbocycles. The fourth-order valence-corrected chi connectivity index (χ4v) is 2.51. The maximum absolute atomic E-state index is 12.0. The largest absolute Gasteiger partial charge is 0.331 e. The van der Waals surface area contributed by atoms with Gasteiger partial charge in [-0.25, -0.2) is 4.79 Å². The average molecular weight is 303 g/mol. The molecule has 0 aromatic heterocycles. The zero-order valence-corrected chi connectivity index (χ0v) is 13.2. The first-order valence-electron chi connectivity index (χ1n) is 6.86. The van der Waals surface area contributed by atoms with E-state index < -0.39 is 0 Å². The predicted octanol–water partition coefficient (Wildman–Crippen LogP) is 4.84. The van der Waals surface area contributed by atoms with E-state index in [1.807, 2.05) is 6.92 Å². The van der Waals surface area contributed by atoms with Crippen molar-refractivity contribution in [3.8, 4) is 0 Å². The molecule has 0 fully saturated rings. The molecule has 0 aliphatic carbocycles. The number of rotatable bonds is 3. The zero-order chi connectivity index (χ0) is 15.4. The maximum Gasteiger partial charge on any atom is 0.319 e. The molecule has 1 unspecified atom stereocenters. The summed E-state index contributed by atoms with van der Waals surface area (Å²) in [7, 11) is 0. The third-order valence-corrected chi connectivity index (χ3v) is 3.56. The van der Waals surface area contributed by atoms with Gasteiger partial charge in [0.05, 0.1) is 6.04 Å². The molecule has 0 radical (unpaired) electrons. The van der Waals surface area contributed by atoms with Crippen LogP contribution in [0.1, 0.15) is 29.7 Å². The van der Waals surface area contributed by atoms with Crippen molar-refractivity contribution in [3.63, 3.8) is 0 Å². The van der Waals surface area contributed by atoms with Crippen LogP contribution in [-0.2, 0) is 0 Å². The van der Waals surface area contributed by atoms with Crippen molar-refractivity contribution in [2.75, 3.05) is 5.32 Å². The summed E-state index contributed by atoms with van der Waals surface area (Å²) >= 11 is 5.89. The third-order valence-electron chi connectivity index (χ3n) is 3.32. The molecule has 0 aliphatic rings. The van der Waals surface area contributed by atoms with E-state index in [4.69, 9.17) is 11.6 Å². The molecule has 1 atom stereocenters. The van der Waals surface area contributed by atoms with Crippen molar-refractivity contribution < 1.29 is 4.79 Å². The minimum absolute atomic E-state index is 0.0650. The van der Waals surface area contributed by atoms with Gasteiger partial charge in [0.1, 0.15) is 0 Å². The summed E-state index contributed by atoms with van der Waals surface area (Å²) in [4.78, 5) is 12.0. The van der Waals surface area contributed by atoms with E-state index in [0.717, 1.165) is 5.56 Å². The Kier molecular flexibility index (Phi) is 4.86. The first-order chi connectivity index (χ1) is 9.95. The van der Waals surface area contributed by atoms with Crippen LogP contribution in [0.2, 0.25) is 5.02 Å². The van der Waals surface area contributed by atoms with Crippen LogP contribution < -0.4 is 10.6 Å². The van der Waals surface area contributed by atoms with Gasteiger partial charge in [0.25, 0.3) is 0 Å². The minimum atomic E-state index is -0.246. The molecule has 0 aliphatic heterocycles. The number of nitrogens with one attached hydrogen (secondary N) is 2. The molecule has 21 heavy (non-hydrogen) atoms. The Labute approximate surface area is 130 Å². The fourth-order valence-electron chi connectivity index (χ4n) is 2.32. The van der Waals surface area contributed by atoms with Gasteiger partial charge >= 0.3 is 6.03 Å². The zero-order valence-electron chi connectivity index (χ0n) is 12.4. The van der Waals surface area contributed by atoms with Crippen LogP contribution in [0.25, 0.3) is 0 Å². The number of urea groups is 1. The molecule has 2 rings (SSSR count). The number of amides is 2. The molecule has 4 heteroatoms. The lowest BCUT2D eigenvalue weighted by Crippen LogP contribution is -2.31. The number of aryl methyl sites for hydroxylation is 2. The molecule has 0 heterocycles. The molecule has 2 amide bonds. The lowest BCUT2D eigenvalue weighted by atomic mass is 10.0. The third kappa shape index (κ3) is 4.23. The van der Waals surface area contributed by atoms with Gasteiger partial charge in [0.15, 0.2) is 0 Å².